The Hall–Kier alpha value is 1.74. The molecule has 0 aromatic heterocycles. The van der Waals surface area contributed by atoms with Gasteiger partial charge in [0.2, 0.25) is 0 Å². The van der Waals surface area contributed by atoms with Gasteiger partial charge in [0.15, 0.2) is 0 Å². The van der Waals surface area contributed by atoms with E-state index in [0.29, 0.717) is 0 Å². The number of rotatable bonds is 0. The third-order valence-electron chi connectivity index (χ3n) is 0.469. The molecule has 0 amide bonds. The fraction of sp³-hybridized carbons (Fsp3) is 1.00. The molecule has 0 aromatic carbocycles. The van der Waals surface area contributed by atoms with Crippen LogP contribution in [0.2, 0.25) is 0 Å². The van der Waals surface area contributed by atoms with Gasteiger partial charge >= 0.3 is 56.0 Å². The van der Waals surface area contributed by atoms with Gasteiger partial charge in [-0.3, -0.25) is 0 Å². The molecule has 1 aliphatic rings. The molecule has 0 spiro atoms. The summed E-state index contributed by atoms with van der Waals surface area (Å²) in [6.45, 7) is 0. The van der Waals surface area contributed by atoms with E-state index in [2.05, 4.69) is 34.0 Å². The fourth-order valence-corrected chi connectivity index (χ4v) is 14.3. The summed E-state index contributed by atoms with van der Waals surface area (Å²) in [7, 11) is 3.79. The maximum absolute atomic E-state index is 3.61. The second-order valence-corrected chi connectivity index (χ2v) is 19.9. The van der Waals surface area contributed by atoms with Crippen LogP contribution in [0.5, 0.6) is 0 Å². The van der Waals surface area contributed by atoms with Crippen molar-refractivity contribution in [3.05, 3.63) is 0 Å². The summed E-state index contributed by atoms with van der Waals surface area (Å²) in [6.07, 6.45) is 0. The van der Waals surface area contributed by atoms with E-state index < -0.39 is 10.5 Å². The Balaban J connectivity index is 2.18. The molecule has 1 saturated heterocycles. The van der Waals surface area contributed by atoms with Gasteiger partial charge in [-0.15, -0.1) is 0 Å². The van der Waals surface area contributed by atoms with E-state index in [1.54, 1.807) is 0 Å². The molecule has 36 valence electrons. The SMILES string of the molecule is Br[As]1SCCS1. The molecule has 0 radical (unpaired) electrons. The van der Waals surface area contributed by atoms with Gasteiger partial charge in [-0.05, 0) is 0 Å². The standard InChI is InChI=1S/C2H4AsBrS2/c4-3-5-1-2-6-3/h1-2H2. The van der Waals surface area contributed by atoms with Crippen molar-refractivity contribution in [1.29, 1.82) is 0 Å². The minimum absolute atomic E-state index is 0.458. The molecular formula is C2H4AsBrS2. The molecule has 6 heavy (non-hydrogen) atoms. The number of hydrogen-bond acceptors (Lipinski definition) is 2. The van der Waals surface area contributed by atoms with Crippen LogP contribution in [0.4, 0.5) is 0 Å². The van der Waals surface area contributed by atoms with Crippen LogP contribution in [0.1, 0.15) is 0 Å². The van der Waals surface area contributed by atoms with Gasteiger partial charge < -0.3 is 0 Å². The van der Waals surface area contributed by atoms with E-state index in [-0.39, 0.29) is 0 Å². The van der Waals surface area contributed by atoms with E-state index in [0.717, 1.165) is 0 Å². The third kappa shape index (κ3) is 1.69. The molecule has 4 heteroatoms. The Labute approximate surface area is 55.6 Å². The van der Waals surface area contributed by atoms with Crippen LogP contribution < -0.4 is 0 Å². The Morgan fingerprint density at radius 2 is 1.83 bits per heavy atom. The average Bonchev–Trinajstić information content (AvgIpc) is 1.86. The van der Waals surface area contributed by atoms with E-state index in [9.17, 15) is 0 Å². The van der Waals surface area contributed by atoms with Crippen LogP contribution in [0.25, 0.3) is 0 Å². The van der Waals surface area contributed by atoms with Crippen molar-refractivity contribution < 1.29 is 0 Å². The van der Waals surface area contributed by atoms with Crippen molar-refractivity contribution in [1.82, 2.24) is 0 Å². The fourth-order valence-electron chi connectivity index (χ4n) is 0.255. The van der Waals surface area contributed by atoms with E-state index >= 15 is 0 Å². The second kappa shape index (κ2) is 2.91. The molecule has 1 rings (SSSR count). The van der Waals surface area contributed by atoms with Crippen molar-refractivity contribution in [3.63, 3.8) is 0 Å². The van der Waals surface area contributed by atoms with Crippen molar-refractivity contribution in [2.45, 2.75) is 0 Å². The molecule has 0 N–H and O–H groups in total. The first-order chi connectivity index (χ1) is 2.89. The zero-order valence-corrected chi connectivity index (χ0v) is 8.15. The van der Waals surface area contributed by atoms with E-state index in [4.69, 9.17) is 0 Å². The first-order valence-corrected chi connectivity index (χ1v) is 12.5. The maximum atomic E-state index is 3.61. The molecule has 1 heterocycles. The van der Waals surface area contributed by atoms with Gasteiger partial charge in [-0.1, -0.05) is 0 Å². The van der Waals surface area contributed by atoms with Gasteiger partial charge in [0.05, 0.1) is 0 Å². The van der Waals surface area contributed by atoms with Crippen LogP contribution >= 0.6 is 34.0 Å². The van der Waals surface area contributed by atoms with Gasteiger partial charge in [0.25, 0.3) is 0 Å². The molecule has 0 aromatic rings. The summed E-state index contributed by atoms with van der Waals surface area (Å²) in [6, 6.07) is 0. The predicted octanol–water partition coefficient (Wildman–Crippen LogP) is 1.85. The summed E-state index contributed by atoms with van der Waals surface area (Å²) in [5.41, 5.74) is 0. The Bertz CT molecular complexity index is 44.8. The Morgan fingerprint density at radius 1 is 1.33 bits per heavy atom. The van der Waals surface area contributed by atoms with Crippen LogP contribution in [-0.2, 0) is 0 Å². The summed E-state index contributed by atoms with van der Waals surface area (Å²) in [4.78, 5) is 0. The zero-order chi connectivity index (χ0) is 4.41. The van der Waals surface area contributed by atoms with Gasteiger partial charge in [0, 0.05) is 0 Å². The van der Waals surface area contributed by atoms with E-state index in [1.807, 2.05) is 0 Å². The molecule has 1 aliphatic heterocycles. The molecule has 0 nitrogen and oxygen atoms in total. The van der Waals surface area contributed by atoms with Crippen molar-refractivity contribution in [2.75, 3.05) is 11.5 Å². The second-order valence-electron chi connectivity index (χ2n) is 0.879. The van der Waals surface area contributed by atoms with Crippen molar-refractivity contribution in [3.8, 4) is 0 Å². The van der Waals surface area contributed by atoms with Crippen LogP contribution in [0, 0.1) is 0 Å². The van der Waals surface area contributed by atoms with Gasteiger partial charge in [-0.2, -0.15) is 0 Å². The first-order valence-electron chi connectivity index (χ1n) is 1.61. The average molecular weight is 247 g/mol. The van der Waals surface area contributed by atoms with Gasteiger partial charge in [-0.25, -0.2) is 0 Å². The van der Waals surface area contributed by atoms with Crippen LogP contribution in [-0.4, -0.2) is 22.0 Å². The summed E-state index contributed by atoms with van der Waals surface area (Å²) in [5, 5.41) is 0. The third-order valence-corrected chi connectivity index (χ3v) is 16.4. The summed E-state index contributed by atoms with van der Waals surface area (Å²) < 4.78 is 0. The number of hydrogen-bond donors (Lipinski definition) is 0. The predicted molar refractivity (Wildman–Crippen MR) is 39.6 cm³/mol. The zero-order valence-electron chi connectivity index (χ0n) is 3.06. The number of halogens is 1. The first kappa shape index (κ1) is 5.87. The quantitative estimate of drug-likeness (QED) is 0.599. The summed E-state index contributed by atoms with van der Waals surface area (Å²) in [5.74, 6) is 2.77. The molecule has 1 fully saturated rings. The van der Waals surface area contributed by atoms with E-state index in [1.165, 1.54) is 11.5 Å². The monoisotopic (exact) mass is 246 g/mol. The van der Waals surface area contributed by atoms with Crippen molar-refractivity contribution >= 4 is 44.5 Å². The topological polar surface area (TPSA) is 0 Å². The van der Waals surface area contributed by atoms with Crippen LogP contribution in [0.15, 0.2) is 0 Å². The summed E-state index contributed by atoms with van der Waals surface area (Å²) >= 11 is 3.61. The van der Waals surface area contributed by atoms with Crippen LogP contribution in [0.3, 0.4) is 0 Å². The van der Waals surface area contributed by atoms with Gasteiger partial charge in [0.1, 0.15) is 0 Å². The minimum atomic E-state index is -0.458. The molecule has 0 unspecified atom stereocenters. The normalized spacial score (nSPS) is 25.5. The van der Waals surface area contributed by atoms with Crippen molar-refractivity contribution in [2.24, 2.45) is 0 Å². The molecule has 0 bridgehead atoms. The molecular weight excluding hydrogens is 243 g/mol. The molecule has 0 saturated carbocycles. The molecule has 0 aliphatic carbocycles. The Kier molecular flexibility index (Phi) is 2.84. The molecule has 0 atom stereocenters. The Morgan fingerprint density at radius 3 is 2.00 bits per heavy atom.